The average Bonchev–Trinajstić information content (AvgIpc) is 3.22. The molecule has 4 rings (SSSR count). The maximum atomic E-state index is 12.7. The number of nitrogens with one attached hydrogen (secondary N) is 2. The highest BCUT2D eigenvalue weighted by Crippen LogP contribution is 2.22. The molecular weight excluding hydrogens is 356 g/mol. The first kappa shape index (κ1) is 18.2. The van der Waals surface area contributed by atoms with Crippen molar-refractivity contribution < 1.29 is 9.59 Å². The molecule has 0 bridgehead atoms. The van der Waals surface area contributed by atoms with Gasteiger partial charge in [0.05, 0.1) is 16.8 Å². The van der Waals surface area contributed by atoms with E-state index >= 15 is 0 Å². The predicted octanol–water partition coefficient (Wildman–Crippen LogP) is 1.23. The van der Waals surface area contributed by atoms with Crippen molar-refractivity contribution in [3.63, 3.8) is 0 Å². The Bertz CT molecular complexity index is 1050. The highest BCUT2D eigenvalue weighted by atomic mass is 16.2. The molecule has 3 aromatic rings. The molecule has 0 radical (unpaired) electrons. The maximum Gasteiger partial charge on any atom is 0.255 e. The van der Waals surface area contributed by atoms with E-state index in [2.05, 4.69) is 37.5 Å². The van der Waals surface area contributed by atoms with Gasteiger partial charge in [0, 0.05) is 44.6 Å². The largest absolute Gasteiger partial charge is 0.346 e. The lowest BCUT2D eigenvalue weighted by atomic mass is 10.0. The molecular formula is C20H24N6O2. The number of hydrogen-bond acceptors (Lipinski definition) is 4. The van der Waals surface area contributed by atoms with E-state index in [4.69, 9.17) is 0 Å². The van der Waals surface area contributed by atoms with Gasteiger partial charge < -0.3 is 20.1 Å². The van der Waals surface area contributed by atoms with Crippen molar-refractivity contribution in [2.24, 2.45) is 7.05 Å². The molecule has 2 amide bonds. The SMILES string of the molecule is CN(C)CCn1ccc2ccc(NC(=O)C3Cc4nn(C)cc4C(=O)N3)cc21. The Hall–Kier alpha value is -3.13. The fraction of sp³-hybridized carbons (Fsp3) is 0.350. The van der Waals surface area contributed by atoms with Gasteiger partial charge in [0.25, 0.3) is 5.91 Å². The number of amides is 2. The van der Waals surface area contributed by atoms with E-state index in [9.17, 15) is 9.59 Å². The lowest BCUT2D eigenvalue weighted by Crippen LogP contribution is -2.48. The summed E-state index contributed by atoms with van der Waals surface area (Å²) >= 11 is 0. The smallest absolute Gasteiger partial charge is 0.255 e. The second-order valence-corrected chi connectivity index (χ2v) is 7.47. The Labute approximate surface area is 163 Å². The van der Waals surface area contributed by atoms with Crippen LogP contribution in [0.4, 0.5) is 5.69 Å². The van der Waals surface area contributed by atoms with Crippen molar-refractivity contribution >= 4 is 28.4 Å². The van der Waals surface area contributed by atoms with Crippen LogP contribution in [0.25, 0.3) is 10.9 Å². The van der Waals surface area contributed by atoms with Gasteiger partial charge in [-0.1, -0.05) is 6.07 Å². The standard InChI is InChI=1S/C20H24N6O2/c1-24(2)8-9-26-7-6-13-4-5-14(10-18(13)26)21-20(28)17-11-16-15(19(27)22-17)12-25(3)23-16/h4-7,10,12,17H,8-9,11H2,1-3H3,(H,21,28)(H,22,27). The van der Waals surface area contributed by atoms with Crippen LogP contribution in [0.3, 0.4) is 0 Å². The van der Waals surface area contributed by atoms with Gasteiger partial charge in [0.15, 0.2) is 0 Å². The Kier molecular flexibility index (Phi) is 4.64. The van der Waals surface area contributed by atoms with Crippen LogP contribution in [-0.2, 0) is 24.8 Å². The van der Waals surface area contributed by atoms with Crippen molar-refractivity contribution in [3.05, 3.63) is 47.9 Å². The number of rotatable bonds is 5. The number of aryl methyl sites for hydroxylation is 1. The molecule has 0 spiro atoms. The van der Waals surface area contributed by atoms with Gasteiger partial charge in [-0.15, -0.1) is 0 Å². The number of nitrogens with zero attached hydrogens (tertiary/aromatic N) is 4. The van der Waals surface area contributed by atoms with Crippen molar-refractivity contribution in [2.75, 3.05) is 26.0 Å². The minimum atomic E-state index is -0.633. The van der Waals surface area contributed by atoms with E-state index in [1.807, 2.05) is 32.3 Å². The molecule has 1 atom stereocenters. The zero-order valence-corrected chi connectivity index (χ0v) is 16.3. The molecule has 1 aliphatic heterocycles. The van der Waals surface area contributed by atoms with Crippen LogP contribution < -0.4 is 10.6 Å². The van der Waals surface area contributed by atoms with Gasteiger partial charge in [-0.2, -0.15) is 5.10 Å². The average molecular weight is 380 g/mol. The van der Waals surface area contributed by atoms with Gasteiger partial charge in [-0.05, 0) is 37.7 Å². The topological polar surface area (TPSA) is 84.2 Å². The molecule has 0 saturated carbocycles. The summed E-state index contributed by atoms with van der Waals surface area (Å²) in [4.78, 5) is 27.1. The van der Waals surface area contributed by atoms with Crippen LogP contribution in [0.1, 0.15) is 16.1 Å². The predicted molar refractivity (Wildman–Crippen MR) is 107 cm³/mol. The lowest BCUT2D eigenvalue weighted by molar-refractivity contribution is -0.118. The second-order valence-electron chi connectivity index (χ2n) is 7.47. The number of carbonyl (C=O) groups is 2. The highest BCUT2D eigenvalue weighted by Gasteiger charge is 2.31. The van der Waals surface area contributed by atoms with Gasteiger partial charge >= 0.3 is 0 Å². The molecule has 1 aromatic carbocycles. The van der Waals surface area contributed by atoms with Crippen LogP contribution in [0.2, 0.25) is 0 Å². The molecule has 0 fully saturated rings. The van der Waals surface area contributed by atoms with Crippen molar-refractivity contribution in [1.82, 2.24) is 24.6 Å². The van der Waals surface area contributed by atoms with Crippen LogP contribution in [0.15, 0.2) is 36.7 Å². The van der Waals surface area contributed by atoms with Crippen LogP contribution in [0.5, 0.6) is 0 Å². The molecule has 2 aromatic heterocycles. The Morgan fingerprint density at radius 2 is 2.18 bits per heavy atom. The van der Waals surface area contributed by atoms with Crippen molar-refractivity contribution in [3.8, 4) is 0 Å². The Balaban J connectivity index is 1.51. The van der Waals surface area contributed by atoms with Gasteiger partial charge in [-0.25, -0.2) is 0 Å². The third-order valence-corrected chi connectivity index (χ3v) is 5.00. The van der Waals surface area contributed by atoms with Gasteiger partial charge in [0.1, 0.15) is 6.04 Å². The van der Waals surface area contributed by atoms with E-state index < -0.39 is 6.04 Å². The van der Waals surface area contributed by atoms with Crippen LogP contribution in [0, 0.1) is 0 Å². The molecule has 2 N–H and O–H groups in total. The fourth-order valence-electron chi connectivity index (χ4n) is 3.51. The number of fused-ring (bicyclic) bond motifs is 2. The number of likely N-dealkylation sites (N-methyl/N-ethyl adjacent to an activating group) is 1. The summed E-state index contributed by atoms with van der Waals surface area (Å²) in [5, 5.41) is 11.1. The molecule has 28 heavy (non-hydrogen) atoms. The Morgan fingerprint density at radius 1 is 1.36 bits per heavy atom. The summed E-state index contributed by atoms with van der Waals surface area (Å²) < 4.78 is 3.77. The molecule has 1 unspecified atom stereocenters. The number of aromatic nitrogens is 3. The van der Waals surface area contributed by atoms with E-state index in [-0.39, 0.29) is 11.8 Å². The molecule has 8 nitrogen and oxygen atoms in total. The highest BCUT2D eigenvalue weighted by molar-refractivity contribution is 6.04. The van der Waals surface area contributed by atoms with E-state index in [0.717, 1.165) is 24.0 Å². The summed E-state index contributed by atoms with van der Waals surface area (Å²) in [5.74, 6) is -0.502. The number of anilines is 1. The first-order valence-corrected chi connectivity index (χ1v) is 9.28. The summed E-state index contributed by atoms with van der Waals surface area (Å²) in [6.45, 7) is 1.80. The first-order chi connectivity index (χ1) is 13.4. The summed E-state index contributed by atoms with van der Waals surface area (Å²) in [5.41, 5.74) is 2.97. The normalized spacial score (nSPS) is 16.3. The lowest BCUT2D eigenvalue weighted by Gasteiger charge is -2.22. The quantitative estimate of drug-likeness (QED) is 0.697. The zero-order valence-electron chi connectivity index (χ0n) is 16.3. The molecule has 3 heterocycles. The van der Waals surface area contributed by atoms with Crippen LogP contribution >= 0.6 is 0 Å². The fourth-order valence-corrected chi connectivity index (χ4v) is 3.51. The van der Waals surface area contributed by atoms with Crippen molar-refractivity contribution in [2.45, 2.75) is 19.0 Å². The van der Waals surface area contributed by atoms with Gasteiger partial charge in [0.2, 0.25) is 5.91 Å². The molecule has 8 heteroatoms. The molecule has 0 aliphatic carbocycles. The summed E-state index contributed by atoms with van der Waals surface area (Å²) in [7, 11) is 5.85. The van der Waals surface area contributed by atoms with Crippen molar-refractivity contribution in [1.29, 1.82) is 0 Å². The summed E-state index contributed by atoms with van der Waals surface area (Å²) in [6.07, 6.45) is 4.12. The monoisotopic (exact) mass is 380 g/mol. The maximum absolute atomic E-state index is 12.7. The first-order valence-electron chi connectivity index (χ1n) is 9.28. The summed E-state index contributed by atoms with van der Waals surface area (Å²) in [6, 6.07) is 7.28. The van der Waals surface area contributed by atoms with E-state index in [0.29, 0.717) is 23.4 Å². The zero-order chi connectivity index (χ0) is 19.8. The minimum Gasteiger partial charge on any atom is -0.346 e. The Morgan fingerprint density at radius 3 is 2.96 bits per heavy atom. The van der Waals surface area contributed by atoms with Gasteiger partial charge in [-0.3, -0.25) is 14.3 Å². The third kappa shape index (κ3) is 3.50. The number of hydrogen-bond donors (Lipinski definition) is 2. The molecule has 1 aliphatic rings. The van der Waals surface area contributed by atoms with E-state index in [1.165, 1.54) is 0 Å². The number of carbonyl (C=O) groups excluding carboxylic acids is 2. The number of benzene rings is 1. The van der Waals surface area contributed by atoms with E-state index in [1.54, 1.807) is 17.9 Å². The minimum absolute atomic E-state index is 0.240. The molecule has 146 valence electrons. The van der Waals surface area contributed by atoms with Crippen LogP contribution in [-0.4, -0.2) is 57.7 Å². The second kappa shape index (κ2) is 7.12. The molecule has 0 saturated heterocycles. The third-order valence-electron chi connectivity index (χ3n) is 5.00.